The van der Waals surface area contributed by atoms with Crippen molar-refractivity contribution in [1.82, 2.24) is 4.98 Å². The summed E-state index contributed by atoms with van der Waals surface area (Å²) in [7, 11) is 1.67. The molecule has 0 amide bonds. The summed E-state index contributed by atoms with van der Waals surface area (Å²) >= 11 is 0. The quantitative estimate of drug-likeness (QED) is 0.514. The largest absolute Gasteiger partial charge is 1.00 e. The fourth-order valence-electron chi connectivity index (χ4n) is 1.42. The molecule has 2 rings (SSSR count). The molecule has 72 valence electrons. The Morgan fingerprint density at radius 1 is 1.40 bits per heavy atom. The van der Waals surface area contributed by atoms with Gasteiger partial charge in [0.15, 0.2) is 0 Å². The number of nitrogens with zero attached hydrogens (tertiary/aromatic N) is 1. The molecule has 1 aromatic carbocycles. The maximum absolute atomic E-state index is 5.13. The van der Waals surface area contributed by atoms with Crippen molar-refractivity contribution in [3.8, 4) is 5.75 Å². The molecule has 1 heterocycles. The summed E-state index contributed by atoms with van der Waals surface area (Å²) in [6.45, 7) is 0. The van der Waals surface area contributed by atoms with E-state index in [0.29, 0.717) is 0 Å². The van der Waals surface area contributed by atoms with E-state index in [9.17, 15) is 0 Å². The SMILES string of the molecule is COc1ccnc(Cc2ccc[cH-]2)c1.[K+]. The molecule has 0 spiro atoms. The molecule has 0 radical (unpaired) electrons. The predicted octanol–water partition coefficient (Wildman–Crippen LogP) is -0.596. The van der Waals surface area contributed by atoms with Gasteiger partial charge in [0.1, 0.15) is 5.75 Å². The first-order valence-corrected chi connectivity index (χ1v) is 4.58. The van der Waals surface area contributed by atoms with Crippen molar-refractivity contribution in [3.05, 3.63) is 53.9 Å². The third kappa shape index (κ3) is 3.77. The zero-order chi connectivity index (χ0) is 9.80. The molecule has 15 heavy (non-hydrogen) atoms. The van der Waals surface area contributed by atoms with Crippen LogP contribution in [0.15, 0.2) is 42.6 Å². The zero-order valence-electron chi connectivity index (χ0n) is 9.10. The van der Waals surface area contributed by atoms with Gasteiger partial charge in [0.25, 0.3) is 0 Å². The van der Waals surface area contributed by atoms with Crippen LogP contribution in [0.1, 0.15) is 11.3 Å². The summed E-state index contributed by atoms with van der Waals surface area (Å²) in [4.78, 5) is 4.28. The molecule has 0 fully saturated rings. The van der Waals surface area contributed by atoms with Crippen molar-refractivity contribution in [3.63, 3.8) is 0 Å². The monoisotopic (exact) mass is 225 g/mol. The number of hydrogen-bond donors (Lipinski definition) is 0. The molecule has 0 saturated carbocycles. The van der Waals surface area contributed by atoms with Crippen LogP contribution >= 0.6 is 0 Å². The Bertz CT molecular complexity index is 398. The Morgan fingerprint density at radius 3 is 2.93 bits per heavy atom. The minimum absolute atomic E-state index is 0. The van der Waals surface area contributed by atoms with Crippen LogP contribution in [0.4, 0.5) is 0 Å². The third-order valence-electron chi connectivity index (χ3n) is 2.14. The molecule has 3 heteroatoms. The van der Waals surface area contributed by atoms with Crippen LogP contribution < -0.4 is 56.1 Å². The van der Waals surface area contributed by atoms with Gasteiger partial charge in [-0.2, -0.15) is 17.7 Å². The second kappa shape index (κ2) is 6.50. The number of ether oxygens (including phenoxy) is 1. The van der Waals surface area contributed by atoms with Crippen molar-refractivity contribution in [2.24, 2.45) is 0 Å². The van der Waals surface area contributed by atoms with E-state index in [4.69, 9.17) is 4.74 Å². The molecule has 0 saturated heterocycles. The maximum Gasteiger partial charge on any atom is 1.00 e. The molecule has 0 bridgehead atoms. The summed E-state index contributed by atoms with van der Waals surface area (Å²) in [5.41, 5.74) is 2.32. The third-order valence-corrected chi connectivity index (χ3v) is 2.14. The summed E-state index contributed by atoms with van der Waals surface area (Å²) in [5.74, 6) is 0.863. The van der Waals surface area contributed by atoms with Crippen molar-refractivity contribution in [2.75, 3.05) is 7.11 Å². The number of rotatable bonds is 3. The van der Waals surface area contributed by atoms with Crippen LogP contribution in [0, 0.1) is 0 Å². The second-order valence-corrected chi connectivity index (χ2v) is 3.16. The molecule has 0 aliphatic heterocycles. The molecular formula is C12H12KNO. The van der Waals surface area contributed by atoms with Crippen LogP contribution in [-0.2, 0) is 6.42 Å². The van der Waals surface area contributed by atoms with Gasteiger partial charge in [-0.25, -0.2) is 12.1 Å². The topological polar surface area (TPSA) is 22.1 Å². The number of hydrogen-bond acceptors (Lipinski definition) is 2. The van der Waals surface area contributed by atoms with Crippen LogP contribution in [-0.4, -0.2) is 12.1 Å². The van der Waals surface area contributed by atoms with Crippen molar-refractivity contribution in [1.29, 1.82) is 0 Å². The first-order chi connectivity index (χ1) is 6.88. The molecule has 1 aromatic heterocycles. The van der Waals surface area contributed by atoms with E-state index in [1.54, 1.807) is 13.3 Å². The minimum atomic E-state index is 0. The van der Waals surface area contributed by atoms with E-state index in [2.05, 4.69) is 17.1 Å². The number of pyridine rings is 1. The van der Waals surface area contributed by atoms with Crippen molar-refractivity contribution in [2.45, 2.75) is 6.42 Å². The first kappa shape index (κ1) is 13.0. The van der Waals surface area contributed by atoms with Gasteiger partial charge in [0.05, 0.1) is 7.11 Å². The molecule has 0 unspecified atom stereocenters. The fourth-order valence-corrected chi connectivity index (χ4v) is 1.42. The average Bonchev–Trinajstić information content (AvgIpc) is 2.71. The van der Waals surface area contributed by atoms with Gasteiger partial charge in [-0.15, -0.1) is 0 Å². The van der Waals surface area contributed by atoms with Gasteiger partial charge in [-0.05, 0) is 12.5 Å². The summed E-state index contributed by atoms with van der Waals surface area (Å²) in [5, 5.41) is 0. The van der Waals surface area contributed by atoms with Crippen LogP contribution in [0.3, 0.4) is 0 Å². The van der Waals surface area contributed by atoms with Crippen molar-refractivity contribution < 1.29 is 56.1 Å². The predicted molar refractivity (Wildman–Crippen MR) is 55.6 cm³/mol. The van der Waals surface area contributed by atoms with Gasteiger partial charge in [-0.1, -0.05) is 0 Å². The molecule has 0 aliphatic carbocycles. The van der Waals surface area contributed by atoms with E-state index in [-0.39, 0.29) is 51.4 Å². The Balaban J connectivity index is 0.00000112. The molecule has 2 nitrogen and oxygen atoms in total. The van der Waals surface area contributed by atoms with E-state index in [1.165, 1.54) is 5.56 Å². The Labute approximate surface area is 132 Å². The molecule has 0 atom stereocenters. The van der Waals surface area contributed by atoms with Gasteiger partial charge < -0.3 is 4.74 Å². The van der Waals surface area contributed by atoms with E-state index in [1.807, 2.05) is 24.3 Å². The second-order valence-electron chi connectivity index (χ2n) is 3.16. The van der Waals surface area contributed by atoms with Gasteiger partial charge in [0, 0.05) is 18.0 Å². The maximum atomic E-state index is 5.13. The normalized spacial score (nSPS) is 9.40. The Kier molecular flexibility index (Phi) is 5.64. The minimum Gasteiger partial charge on any atom is -0.497 e. The number of aromatic nitrogens is 1. The summed E-state index contributed by atoms with van der Waals surface area (Å²) in [6.07, 6.45) is 2.64. The summed E-state index contributed by atoms with van der Waals surface area (Å²) < 4.78 is 5.13. The van der Waals surface area contributed by atoms with E-state index in [0.717, 1.165) is 17.9 Å². The Hall–Kier alpha value is -0.0636. The fraction of sp³-hybridized carbons (Fsp3) is 0.167. The van der Waals surface area contributed by atoms with Crippen LogP contribution in [0.25, 0.3) is 0 Å². The standard InChI is InChI=1S/C12H12NO.K/c1-14-12-6-7-13-11(9-12)8-10-4-2-3-5-10;/h2-7,9H,8H2,1H3;/q-1;+1. The van der Waals surface area contributed by atoms with E-state index >= 15 is 0 Å². The molecule has 0 N–H and O–H groups in total. The van der Waals surface area contributed by atoms with Gasteiger partial charge >= 0.3 is 51.4 Å². The van der Waals surface area contributed by atoms with Gasteiger partial charge in [-0.3, -0.25) is 4.98 Å². The van der Waals surface area contributed by atoms with Gasteiger partial charge in [0.2, 0.25) is 0 Å². The van der Waals surface area contributed by atoms with Crippen LogP contribution in [0.2, 0.25) is 0 Å². The molecule has 0 aliphatic rings. The molecular weight excluding hydrogens is 213 g/mol. The van der Waals surface area contributed by atoms with Crippen molar-refractivity contribution >= 4 is 0 Å². The first-order valence-electron chi connectivity index (χ1n) is 4.58. The summed E-state index contributed by atoms with van der Waals surface area (Å²) in [6, 6.07) is 12.1. The Morgan fingerprint density at radius 2 is 2.27 bits per heavy atom. The zero-order valence-corrected chi connectivity index (χ0v) is 12.2. The average molecular weight is 225 g/mol. The number of methoxy groups -OCH3 is 1. The van der Waals surface area contributed by atoms with E-state index < -0.39 is 0 Å². The van der Waals surface area contributed by atoms with Crippen LogP contribution in [0.5, 0.6) is 5.75 Å². The smallest absolute Gasteiger partial charge is 0.497 e. The molecule has 2 aromatic rings.